The van der Waals surface area contributed by atoms with Gasteiger partial charge < -0.3 is 11.1 Å². The first kappa shape index (κ1) is 14.6. The van der Waals surface area contributed by atoms with E-state index in [0.29, 0.717) is 5.56 Å². The molecule has 0 saturated heterocycles. The molecule has 4 heteroatoms. The van der Waals surface area contributed by atoms with Gasteiger partial charge >= 0.3 is 0 Å². The molecule has 3 nitrogen and oxygen atoms in total. The van der Waals surface area contributed by atoms with E-state index < -0.39 is 5.82 Å². The number of halogens is 1. The maximum absolute atomic E-state index is 13.4. The number of nitriles is 1. The van der Waals surface area contributed by atoms with E-state index in [-0.39, 0.29) is 11.7 Å². The normalized spacial score (nSPS) is 15.3. The molecular formula is C18H18FN3. The Morgan fingerprint density at radius 1 is 1.23 bits per heavy atom. The van der Waals surface area contributed by atoms with Crippen molar-refractivity contribution in [2.24, 2.45) is 5.92 Å². The van der Waals surface area contributed by atoms with Crippen molar-refractivity contribution >= 4 is 5.69 Å². The van der Waals surface area contributed by atoms with E-state index in [1.165, 1.54) is 18.9 Å². The summed E-state index contributed by atoms with van der Waals surface area (Å²) in [5.74, 6) is 0.315. The molecule has 1 atom stereocenters. The molecule has 0 spiro atoms. The largest absolute Gasteiger partial charge is 0.396 e. The molecule has 3 N–H and O–H groups in total. The number of nitrogen functional groups attached to an aromatic ring is 1. The molecule has 0 bridgehead atoms. The summed E-state index contributed by atoms with van der Waals surface area (Å²) in [4.78, 5) is 0. The number of benzene rings is 2. The van der Waals surface area contributed by atoms with Gasteiger partial charge in [-0.1, -0.05) is 18.2 Å². The Bertz CT molecular complexity index is 717. The first-order chi connectivity index (χ1) is 10.7. The topological polar surface area (TPSA) is 61.8 Å². The smallest absolute Gasteiger partial charge is 0.146 e. The zero-order valence-corrected chi connectivity index (χ0v) is 12.2. The fraction of sp³-hybridized carbons (Fsp3) is 0.278. The Morgan fingerprint density at radius 2 is 2.00 bits per heavy atom. The van der Waals surface area contributed by atoms with Crippen molar-refractivity contribution < 1.29 is 4.39 Å². The monoisotopic (exact) mass is 295 g/mol. The lowest BCUT2D eigenvalue weighted by Gasteiger charge is -2.20. The minimum atomic E-state index is -0.407. The van der Waals surface area contributed by atoms with Crippen LogP contribution in [0.25, 0.3) is 0 Å². The summed E-state index contributed by atoms with van der Waals surface area (Å²) in [7, 11) is 0. The van der Waals surface area contributed by atoms with Crippen LogP contribution in [-0.2, 0) is 0 Å². The number of hydrogen-bond donors (Lipinski definition) is 2. The van der Waals surface area contributed by atoms with E-state index in [2.05, 4.69) is 11.4 Å². The van der Waals surface area contributed by atoms with Gasteiger partial charge in [0, 0.05) is 0 Å². The fourth-order valence-electron chi connectivity index (χ4n) is 2.56. The Balaban J connectivity index is 1.94. The van der Waals surface area contributed by atoms with Crippen molar-refractivity contribution in [3.63, 3.8) is 0 Å². The van der Waals surface area contributed by atoms with Crippen LogP contribution in [0.5, 0.6) is 0 Å². The van der Waals surface area contributed by atoms with Crippen molar-refractivity contribution in [1.29, 1.82) is 5.26 Å². The van der Waals surface area contributed by atoms with Crippen molar-refractivity contribution in [2.45, 2.75) is 18.9 Å². The van der Waals surface area contributed by atoms with Crippen LogP contribution in [-0.4, -0.2) is 6.54 Å². The van der Waals surface area contributed by atoms with E-state index in [9.17, 15) is 4.39 Å². The molecule has 0 unspecified atom stereocenters. The summed E-state index contributed by atoms with van der Waals surface area (Å²) in [6, 6.07) is 14.4. The Hall–Kier alpha value is -2.38. The number of anilines is 1. The van der Waals surface area contributed by atoms with E-state index in [4.69, 9.17) is 11.0 Å². The highest BCUT2D eigenvalue weighted by Crippen LogP contribution is 2.31. The first-order valence-electron chi connectivity index (χ1n) is 7.45. The second-order valence-electron chi connectivity index (χ2n) is 5.80. The molecular weight excluding hydrogens is 277 g/mol. The second-order valence-corrected chi connectivity index (χ2v) is 5.80. The fourth-order valence-corrected chi connectivity index (χ4v) is 2.56. The third-order valence-electron chi connectivity index (χ3n) is 4.01. The highest BCUT2D eigenvalue weighted by molar-refractivity contribution is 5.46. The minimum Gasteiger partial charge on any atom is -0.396 e. The van der Waals surface area contributed by atoms with Crippen molar-refractivity contribution in [3.05, 3.63) is 65.0 Å². The highest BCUT2D eigenvalue weighted by Gasteiger charge is 2.23. The number of nitrogens with one attached hydrogen (secondary N) is 1. The van der Waals surface area contributed by atoms with Gasteiger partial charge in [0.05, 0.1) is 23.4 Å². The van der Waals surface area contributed by atoms with Gasteiger partial charge in [-0.3, -0.25) is 0 Å². The molecule has 0 aromatic heterocycles. The predicted molar refractivity (Wildman–Crippen MR) is 84.5 cm³/mol. The average Bonchev–Trinajstić information content (AvgIpc) is 3.35. The van der Waals surface area contributed by atoms with Crippen LogP contribution >= 0.6 is 0 Å². The van der Waals surface area contributed by atoms with Crippen LogP contribution in [0.2, 0.25) is 0 Å². The Labute approximate surface area is 129 Å². The van der Waals surface area contributed by atoms with Crippen LogP contribution in [0, 0.1) is 23.1 Å². The van der Waals surface area contributed by atoms with Gasteiger partial charge in [0.15, 0.2) is 0 Å². The maximum atomic E-state index is 13.4. The zero-order chi connectivity index (χ0) is 15.5. The van der Waals surface area contributed by atoms with Crippen LogP contribution in [0.1, 0.15) is 35.6 Å². The van der Waals surface area contributed by atoms with Gasteiger partial charge in [0.1, 0.15) is 5.82 Å². The lowest BCUT2D eigenvalue weighted by molar-refractivity contribution is 0.571. The molecule has 2 aromatic carbocycles. The van der Waals surface area contributed by atoms with E-state index in [1.807, 2.05) is 18.2 Å². The molecule has 1 aliphatic carbocycles. The molecule has 0 heterocycles. The van der Waals surface area contributed by atoms with Gasteiger partial charge in [0.2, 0.25) is 0 Å². The Morgan fingerprint density at radius 3 is 2.68 bits per heavy atom. The van der Waals surface area contributed by atoms with Gasteiger partial charge in [-0.2, -0.15) is 5.26 Å². The molecule has 22 heavy (non-hydrogen) atoms. The molecule has 2 aromatic rings. The molecule has 1 aliphatic rings. The predicted octanol–water partition coefficient (Wildman–Crippen LogP) is 3.37. The molecule has 1 fully saturated rings. The molecule has 0 aliphatic heterocycles. The van der Waals surface area contributed by atoms with Gasteiger partial charge in [-0.15, -0.1) is 0 Å². The first-order valence-corrected chi connectivity index (χ1v) is 7.45. The Kier molecular flexibility index (Phi) is 4.08. The van der Waals surface area contributed by atoms with E-state index in [1.54, 1.807) is 18.2 Å². The zero-order valence-electron chi connectivity index (χ0n) is 12.2. The number of nitrogens with two attached hydrogens (primary N) is 1. The quantitative estimate of drug-likeness (QED) is 0.831. The molecule has 1 saturated carbocycles. The van der Waals surface area contributed by atoms with Gasteiger partial charge in [-0.25, -0.2) is 4.39 Å². The number of hydrogen-bond acceptors (Lipinski definition) is 3. The molecule has 3 rings (SSSR count). The summed E-state index contributed by atoms with van der Waals surface area (Å²) in [6.07, 6.45) is 2.51. The summed E-state index contributed by atoms with van der Waals surface area (Å²) in [5.41, 5.74) is 8.37. The van der Waals surface area contributed by atoms with Crippen LogP contribution in [0.15, 0.2) is 42.5 Å². The lowest BCUT2D eigenvalue weighted by Crippen LogP contribution is -2.24. The molecule has 0 amide bonds. The summed E-state index contributed by atoms with van der Waals surface area (Å²) < 4.78 is 13.4. The number of rotatable bonds is 5. The van der Waals surface area contributed by atoms with E-state index >= 15 is 0 Å². The van der Waals surface area contributed by atoms with Gasteiger partial charge in [-0.05, 0) is 60.7 Å². The van der Waals surface area contributed by atoms with Crippen molar-refractivity contribution in [3.8, 4) is 6.07 Å². The SMILES string of the molecule is N#Cc1cccc([C@@H](NCC2CC2)c2ccc(F)c(N)c2)c1. The molecule has 0 radical (unpaired) electrons. The number of nitrogens with zero attached hydrogens (tertiary/aromatic N) is 1. The molecule has 112 valence electrons. The van der Waals surface area contributed by atoms with E-state index in [0.717, 1.165) is 23.6 Å². The van der Waals surface area contributed by atoms with Crippen molar-refractivity contribution in [1.82, 2.24) is 5.32 Å². The third-order valence-corrected chi connectivity index (χ3v) is 4.01. The third kappa shape index (κ3) is 3.26. The van der Waals surface area contributed by atoms with Crippen LogP contribution in [0.3, 0.4) is 0 Å². The average molecular weight is 295 g/mol. The van der Waals surface area contributed by atoms with Crippen LogP contribution < -0.4 is 11.1 Å². The minimum absolute atomic E-state index is 0.0863. The highest BCUT2D eigenvalue weighted by atomic mass is 19.1. The summed E-state index contributed by atoms with van der Waals surface area (Å²) in [5, 5.41) is 12.6. The summed E-state index contributed by atoms with van der Waals surface area (Å²) in [6.45, 7) is 0.915. The summed E-state index contributed by atoms with van der Waals surface area (Å²) >= 11 is 0. The van der Waals surface area contributed by atoms with Crippen molar-refractivity contribution in [2.75, 3.05) is 12.3 Å². The standard InChI is InChI=1S/C18H18FN3/c19-16-7-6-15(9-17(16)21)18(22-11-12-4-5-12)14-3-1-2-13(8-14)10-20/h1-3,6-9,12,18,22H,4-5,11,21H2/t18-/m1/s1. The second kappa shape index (κ2) is 6.17. The van der Waals surface area contributed by atoms with Gasteiger partial charge in [0.25, 0.3) is 0 Å². The maximum Gasteiger partial charge on any atom is 0.146 e. The van der Waals surface area contributed by atoms with Crippen LogP contribution in [0.4, 0.5) is 10.1 Å². The lowest BCUT2D eigenvalue weighted by atomic mass is 9.96.